The van der Waals surface area contributed by atoms with Crippen molar-refractivity contribution >= 4 is 10.0 Å². The van der Waals surface area contributed by atoms with Gasteiger partial charge >= 0.3 is 0 Å². The molecule has 0 aliphatic heterocycles. The highest BCUT2D eigenvalue weighted by Crippen LogP contribution is 2.16. The molecule has 1 N–H and O–H groups in total. The number of nitrogens with one attached hydrogen (secondary N) is 1. The van der Waals surface area contributed by atoms with Gasteiger partial charge in [-0.1, -0.05) is 23.8 Å². The van der Waals surface area contributed by atoms with E-state index in [1.54, 1.807) is 31.2 Å². The fourth-order valence-electron chi connectivity index (χ4n) is 1.88. The Kier molecular flexibility index (Phi) is 4.20. The zero-order valence-corrected chi connectivity index (χ0v) is 12.6. The van der Waals surface area contributed by atoms with Gasteiger partial charge in [0.2, 0.25) is 10.0 Å². The number of aryl methyl sites for hydroxylation is 2. The maximum Gasteiger partial charge on any atom is 0.241 e. The Balaban J connectivity index is 2.22. The number of hydrogen-bond acceptors (Lipinski definition) is 3. The van der Waals surface area contributed by atoms with Crippen LogP contribution in [-0.2, 0) is 10.0 Å². The molecule has 1 heterocycles. The second-order valence-electron chi connectivity index (χ2n) is 4.86. The summed E-state index contributed by atoms with van der Waals surface area (Å²) < 4.78 is 27.2. The van der Waals surface area contributed by atoms with Crippen LogP contribution in [0, 0.1) is 13.8 Å². The van der Waals surface area contributed by atoms with Gasteiger partial charge in [0.15, 0.2) is 0 Å². The van der Waals surface area contributed by atoms with E-state index in [1.165, 1.54) is 0 Å². The van der Waals surface area contributed by atoms with Crippen molar-refractivity contribution in [3.8, 4) is 0 Å². The number of aromatic nitrogens is 1. The van der Waals surface area contributed by atoms with E-state index in [4.69, 9.17) is 0 Å². The third-order valence-corrected chi connectivity index (χ3v) is 4.57. The Morgan fingerprint density at radius 3 is 2.30 bits per heavy atom. The average Bonchev–Trinajstić information content (AvgIpc) is 2.38. The number of sulfonamides is 1. The molecule has 0 aliphatic carbocycles. The summed E-state index contributed by atoms with van der Waals surface area (Å²) >= 11 is 0. The number of pyridine rings is 1. The molecule has 1 aromatic heterocycles. The lowest BCUT2D eigenvalue weighted by atomic mass is 10.2. The Morgan fingerprint density at radius 2 is 1.70 bits per heavy atom. The van der Waals surface area contributed by atoms with Crippen LogP contribution in [0.4, 0.5) is 0 Å². The van der Waals surface area contributed by atoms with E-state index < -0.39 is 10.0 Å². The Hall–Kier alpha value is -1.72. The molecule has 0 saturated heterocycles. The summed E-state index contributed by atoms with van der Waals surface area (Å²) in [5, 5.41) is 0. The molecule has 0 bridgehead atoms. The summed E-state index contributed by atoms with van der Waals surface area (Å²) in [6, 6.07) is 12.0. The van der Waals surface area contributed by atoms with Gasteiger partial charge in [0.25, 0.3) is 0 Å². The molecule has 1 aromatic carbocycles. The molecule has 5 heteroatoms. The van der Waals surface area contributed by atoms with Crippen molar-refractivity contribution in [2.45, 2.75) is 31.7 Å². The zero-order valence-electron chi connectivity index (χ0n) is 11.8. The highest BCUT2D eigenvalue weighted by atomic mass is 32.2. The second kappa shape index (κ2) is 5.73. The molecule has 0 saturated carbocycles. The summed E-state index contributed by atoms with van der Waals surface area (Å²) in [4.78, 5) is 4.60. The molecule has 0 radical (unpaired) electrons. The molecule has 2 rings (SSSR count). The van der Waals surface area contributed by atoms with Gasteiger partial charge in [-0.05, 0) is 45.0 Å². The van der Waals surface area contributed by atoms with E-state index in [9.17, 15) is 8.42 Å². The van der Waals surface area contributed by atoms with Crippen LogP contribution in [0.2, 0.25) is 0 Å². The van der Waals surface area contributed by atoms with Crippen LogP contribution in [0.3, 0.4) is 0 Å². The topological polar surface area (TPSA) is 59.1 Å². The van der Waals surface area contributed by atoms with Crippen LogP contribution in [-0.4, -0.2) is 13.4 Å². The highest BCUT2D eigenvalue weighted by Gasteiger charge is 2.18. The molecule has 4 nitrogen and oxygen atoms in total. The molecule has 20 heavy (non-hydrogen) atoms. The van der Waals surface area contributed by atoms with Crippen LogP contribution in [0.5, 0.6) is 0 Å². The maximum absolute atomic E-state index is 12.3. The SMILES string of the molecule is Cc1ccc(S(=O)(=O)N[C@@H](C)c2cccc(C)n2)cc1. The predicted molar refractivity (Wildman–Crippen MR) is 78.9 cm³/mol. The van der Waals surface area contributed by atoms with Crippen molar-refractivity contribution in [3.05, 3.63) is 59.4 Å². The minimum absolute atomic E-state index is 0.266. The molecule has 0 aliphatic rings. The summed E-state index contributed by atoms with van der Waals surface area (Å²) in [5.74, 6) is 0. The number of hydrogen-bond donors (Lipinski definition) is 1. The van der Waals surface area contributed by atoms with Crippen molar-refractivity contribution in [2.75, 3.05) is 0 Å². The third kappa shape index (κ3) is 3.43. The molecule has 1 atom stereocenters. The predicted octanol–water partition coefficient (Wildman–Crippen LogP) is 2.74. The van der Waals surface area contributed by atoms with Crippen molar-refractivity contribution in [2.24, 2.45) is 0 Å². The minimum Gasteiger partial charge on any atom is -0.256 e. The quantitative estimate of drug-likeness (QED) is 0.942. The van der Waals surface area contributed by atoms with Crippen molar-refractivity contribution < 1.29 is 8.42 Å². The van der Waals surface area contributed by atoms with Gasteiger partial charge in [0.05, 0.1) is 16.6 Å². The van der Waals surface area contributed by atoms with Gasteiger partial charge in [-0.3, -0.25) is 4.98 Å². The summed E-state index contributed by atoms with van der Waals surface area (Å²) in [7, 11) is -3.53. The lowest BCUT2D eigenvalue weighted by Crippen LogP contribution is -2.27. The lowest BCUT2D eigenvalue weighted by molar-refractivity contribution is 0.563. The van der Waals surface area contributed by atoms with Gasteiger partial charge in [-0.15, -0.1) is 0 Å². The van der Waals surface area contributed by atoms with Crippen molar-refractivity contribution in [1.82, 2.24) is 9.71 Å². The molecular weight excluding hydrogens is 272 g/mol. The van der Waals surface area contributed by atoms with Crippen LogP contribution < -0.4 is 4.72 Å². The third-order valence-electron chi connectivity index (χ3n) is 3.02. The zero-order chi connectivity index (χ0) is 14.8. The van der Waals surface area contributed by atoms with Crippen LogP contribution in [0.1, 0.15) is 29.9 Å². The van der Waals surface area contributed by atoms with Gasteiger partial charge in [-0.2, -0.15) is 0 Å². The average molecular weight is 290 g/mol. The second-order valence-corrected chi connectivity index (χ2v) is 6.57. The van der Waals surface area contributed by atoms with E-state index >= 15 is 0 Å². The molecular formula is C15H18N2O2S. The van der Waals surface area contributed by atoms with Crippen LogP contribution in [0.15, 0.2) is 47.4 Å². The molecule has 0 fully saturated rings. The van der Waals surface area contributed by atoms with Crippen LogP contribution in [0.25, 0.3) is 0 Å². The van der Waals surface area contributed by atoms with Gasteiger partial charge in [0.1, 0.15) is 0 Å². The summed E-state index contributed by atoms with van der Waals surface area (Å²) in [6.45, 7) is 5.58. The molecule has 0 spiro atoms. The van der Waals surface area contributed by atoms with E-state index in [0.29, 0.717) is 5.69 Å². The summed E-state index contributed by atoms with van der Waals surface area (Å²) in [5.41, 5.74) is 2.60. The van der Waals surface area contributed by atoms with E-state index in [-0.39, 0.29) is 10.9 Å². The molecule has 2 aromatic rings. The van der Waals surface area contributed by atoms with Gasteiger partial charge in [-0.25, -0.2) is 13.1 Å². The largest absolute Gasteiger partial charge is 0.256 e. The fourth-order valence-corrected chi connectivity index (χ4v) is 3.10. The standard InChI is InChI=1S/C15H18N2O2S/c1-11-7-9-14(10-8-11)20(18,19)17-13(3)15-6-4-5-12(2)16-15/h4-10,13,17H,1-3H3/t13-/m0/s1. The normalized spacial score (nSPS) is 13.2. The first-order chi connectivity index (χ1) is 9.38. The van der Waals surface area contributed by atoms with Crippen molar-refractivity contribution in [3.63, 3.8) is 0 Å². The molecule has 0 unspecified atom stereocenters. The van der Waals surface area contributed by atoms with E-state index in [1.807, 2.05) is 32.0 Å². The first-order valence-corrected chi connectivity index (χ1v) is 7.89. The van der Waals surface area contributed by atoms with Crippen LogP contribution >= 0.6 is 0 Å². The Labute approximate surface area is 119 Å². The van der Waals surface area contributed by atoms with Gasteiger partial charge < -0.3 is 0 Å². The van der Waals surface area contributed by atoms with Crippen molar-refractivity contribution in [1.29, 1.82) is 0 Å². The summed E-state index contributed by atoms with van der Waals surface area (Å²) in [6.07, 6.45) is 0. The highest BCUT2D eigenvalue weighted by molar-refractivity contribution is 7.89. The minimum atomic E-state index is -3.53. The fraction of sp³-hybridized carbons (Fsp3) is 0.267. The maximum atomic E-state index is 12.3. The smallest absolute Gasteiger partial charge is 0.241 e. The van der Waals surface area contributed by atoms with E-state index in [2.05, 4.69) is 9.71 Å². The Bertz CT molecular complexity index is 694. The van der Waals surface area contributed by atoms with Gasteiger partial charge in [0, 0.05) is 5.69 Å². The Morgan fingerprint density at radius 1 is 1.05 bits per heavy atom. The number of nitrogens with zero attached hydrogens (tertiary/aromatic N) is 1. The monoisotopic (exact) mass is 290 g/mol. The number of rotatable bonds is 4. The molecule has 0 amide bonds. The first kappa shape index (κ1) is 14.7. The molecule has 106 valence electrons. The first-order valence-electron chi connectivity index (χ1n) is 6.41. The lowest BCUT2D eigenvalue weighted by Gasteiger charge is -2.14. The number of benzene rings is 1. The van der Waals surface area contributed by atoms with E-state index in [0.717, 1.165) is 11.3 Å².